The van der Waals surface area contributed by atoms with Crippen LogP contribution < -0.4 is 0 Å². The molecule has 1 nitrogen and oxygen atoms in total. The van der Waals surface area contributed by atoms with Crippen molar-refractivity contribution in [3.8, 4) is 0 Å². The summed E-state index contributed by atoms with van der Waals surface area (Å²) in [6, 6.07) is 4.19. The summed E-state index contributed by atoms with van der Waals surface area (Å²) in [4.78, 5) is 4.53. The molecule has 2 atom stereocenters. The van der Waals surface area contributed by atoms with E-state index >= 15 is 0 Å². The van der Waals surface area contributed by atoms with Crippen molar-refractivity contribution < 1.29 is 0 Å². The monoisotopic (exact) mass is 277 g/mol. The second kappa shape index (κ2) is 7.03. The lowest BCUT2D eigenvalue weighted by Gasteiger charge is -2.19. The fraction of sp³-hybridized carbons (Fsp3) is 0.250. The standard InChI is InChI=1S/C20H23N/c1-5-7-17(8-6-2)18-11-12-21-20(14-18)19-10-9-15(3)16(4)13-19/h5-16H,1H2,2-4H3/b8-6-,17-7+/t15-,16?/m1/s1. The molecular formula is C20H23N. The molecule has 0 saturated heterocycles. The Morgan fingerprint density at radius 3 is 2.76 bits per heavy atom. The molecule has 1 aliphatic rings. The minimum atomic E-state index is 0.550. The third kappa shape index (κ3) is 3.69. The minimum absolute atomic E-state index is 0.550. The van der Waals surface area contributed by atoms with E-state index in [1.807, 2.05) is 37.4 Å². The average molecular weight is 277 g/mol. The molecule has 1 aromatic heterocycles. The van der Waals surface area contributed by atoms with Gasteiger partial charge in [-0.2, -0.15) is 0 Å². The summed E-state index contributed by atoms with van der Waals surface area (Å²) in [7, 11) is 0. The van der Waals surface area contributed by atoms with Crippen molar-refractivity contribution in [3.63, 3.8) is 0 Å². The molecule has 0 N–H and O–H groups in total. The van der Waals surface area contributed by atoms with E-state index in [0.717, 1.165) is 11.3 Å². The molecule has 0 amide bonds. The number of allylic oxidation sites excluding steroid dienone is 9. The lowest BCUT2D eigenvalue weighted by molar-refractivity contribution is 0.554. The zero-order chi connectivity index (χ0) is 15.2. The van der Waals surface area contributed by atoms with E-state index in [9.17, 15) is 0 Å². The van der Waals surface area contributed by atoms with E-state index in [-0.39, 0.29) is 0 Å². The van der Waals surface area contributed by atoms with Crippen LogP contribution in [0.15, 0.2) is 67.4 Å². The molecule has 0 spiro atoms. The summed E-state index contributed by atoms with van der Waals surface area (Å²) < 4.78 is 0. The average Bonchev–Trinajstić information content (AvgIpc) is 2.50. The van der Waals surface area contributed by atoms with Gasteiger partial charge < -0.3 is 0 Å². The van der Waals surface area contributed by atoms with E-state index in [2.05, 4.69) is 55.8 Å². The fourth-order valence-corrected chi connectivity index (χ4v) is 2.41. The number of nitrogens with zero attached hydrogens (tertiary/aromatic N) is 1. The molecule has 1 heteroatoms. The number of aromatic nitrogens is 1. The molecule has 108 valence electrons. The van der Waals surface area contributed by atoms with Gasteiger partial charge in [0.05, 0.1) is 5.69 Å². The summed E-state index contributed by atoms with van der Waals surface area (Å²) >= 11 is 0. The van der Waals surface area contributed by atoms with Crippen molar-refractivity contribution >= 4 is 11.1 Å². The summed E-state index contributed by atoms with van der Waals surface area (Å²) in [5.74, 6) is 1.14. The number of hydrogen-bond donors (Lipinski definition) is 0. The molecule has 0 aromatic carbocycles. The molecule has 0 fully saturated rings. The van der Waals surface area contributed by atoms with Crippen LogP contribution >= 0.6 is 0 Å². The Morgan fingerprint density at radius 2 is 2.10 bits per heavy atom. The van der Waals surface area contributed by atoms with Gasteiger partial charge in [0.1, 0.15) is 0 Å². The van der Waals surface area contributed by atoms with Gasteiger partial charge in [-0.1, -0.05) is 63.0 Å². The molecular weight excluding hydrogens is 254 g/mol. The largest absolute Gasteiger partial charge is 0.256 e. The Hall–Kier alpha value is -2.15. The molecule has 1 aliphatic carbocycles. The van der Waals surface area contributed by atoms with Gasteiger partial charge in [0.25, 0.3) is 0 Å². The highest BCUT2D eigenvalue weighted by molar-refractivity contribution is 5.79. The Morgan fingerprint density at radius 1 is 1.29 bits per heavy atom. The first-order chi connectivity index (χ1) is 10.2. The van der Waals surface area contributed by atoms with Crippen molar-refractivity contribution in [1.29, 1.82) is 0 Å². The molecule has 0 radical (unpaired) electrons. The van der Waals surface area contributed by atoms with Crippen LogP contribution in [-0.4, -0.2) is 4.98 Å². The van der Waals surface area contributed by atoms with Crippen molar-refractivity contribution in [2.24, 2.45) is 11.8 Å². The molecule has 21 heavy (non-hydrogen) atoms. The Labute approximate surface area is 128 Å². The van der Waals surface area contributed by atoms with E-state index in [1.165, 1.54) is 11.1 Å². The first-order valence-electron chi connectivity index (χ1n) is 7.48. The molecule has 0 bridgehead atoms. The highest BCUT2D eigenvalue weighted by Crippen LogP contribution is 2.28. The molecule has 0 saturated carbocycles. The topological polar surface area (TPSA) is 12.9 Å². The summed E-state index contributed by atoms with van der Waals surface area (Å²) in [6.07, 6.45) is 16.6. The van der Waals surface area contributed by atoms with Crippen molar-refractivity contribution in [3.05, 3.63) is 78.7 Å². The van der Waals surface area contributed by atoms with Gasteiger partial charge in [-0.15, -0.1) is 0 Å². The van der Waals surface area contributed by atoms with Crippen LogP contribution in [0.2, 0.25) is 0 Å². The molecule has 1 unspecified atom stereocenters. The van der Waals surface area contributed by atoms with Crippen LogP contribution in [0.3, 0.4) is 0 Å². The van der Waals surface area contributed by atoms with E-state index in [1.54, 1.807) is 0 Å². The minimum Gasteiger partial charge on any atom is -0.256 e. The van der Waals surface area contributed by atoms with E-state index in [0.29, 0.717) is 11.8 Å². The predicted octanol–water partition coefficient (Wildman–Crippen LogP) is 5.45. The van der Waals surface area contributed by atoms with Crippen molar-refractivity contribution in [2.45, 2.75) is 20.8 Å². The van der Waals surface area contributed by atoms with Gasteiger partial charge in [0.15, 0.2) is 0 Å². The highest BCUT2D eigenvalue weighted by atomic mass is 14.7. The Balaban J connectivity index is 2.39. The first kappa shape index (κ1) is 15.2. The number of hydrogen-bond acceptors (Lipinski definition) is 1. The van der Waals surface area contributed by atoms with Crippen LogP contribution in [0.4, 0.5) is 0 Å². The summed E-state index contributed by atoms with van der Waals surface area (Å²) in [6.45, 7) is 10.3. The van der Waals surface area contributed by atoms with Crippen LogP contribution in [0.5, 0.6) is 0 Å². The van der Waals surface area contributed by atoms with E-state index < -0.39 is 0 Å². The van der Waals surface area contributed by atoms with E-state index in [4.69, 9.17) is 0 Å². The maximum atomic E-state index is 4.53. The molecule has 0 aliphatic heterocycles. The van der Waals surface area contributed by atoms with Gasteiger partial charge in [-0.3, -0.25) is 4.98 Å². The molecule has 1 heterocycles. The lowest BCUT2D eigenvalue weighted by atomic mass is 9.87. The van der Waals surface area contributed by atoms with Crippen LogP contribution in [0.25, 0.3) is 11.1 Å². The second-order valence-electron chi connectivity index (χ2n) is 5.49. The third-order valence-corrected chi connectivity index (χ3v) is 3.88. The smallest absolute Gasteiger partial charge is 0.0704 e. The number of rotatable bonds is 4. The van der Waals surface area contributed by atoms with Gasteiger partial charge in [0, 0.05) is 6.20 Å². The van der Waals surface area contributed by atoms with Crippen LogP contribution in [-0.2, 0) is 0 Å². The normalized spacial score (nSPS) is 22.4. The Bertz CT molecular complexity index is 629. The maximum Gasteiger partial charge on any atom is 0.0704 e. The van der Waals surface area contributed by atoms with Crippen molar-refractivity contribution in [2.75, 3.05) is 0 Å². The molecule has 1 aromatic rings. The second-order valence-corrected chi connectivity index (χ2v) is 5.49. The quantitative estimate of drug-likeness (QED) is 0.667. The lowest BCUT2D eigenvalue weighted by Crippen LogP contribution is -2.07. The Kier molecular flexibility index (Phi) is 5.10. The van der Waals surface area contributed by atoms with Gasteiger partial charge >= 0.3 is 0 Å². The maximum absolute atomic E-state index is 4.53. The van der Waals surface area contributed by atoms with Crippen molar-refractivity contribution in [1.82, 2.24) is 4.98 Å². The summed E-state index contributed by atoms with van der Waals surface area (Å²) in [5, 5.41) is 0. The zero-order valence-electron chi connectivity index (χ0n) is 13.1. The van der Waals surface area contributed by atoms with Gasteiger partial charge in [0.2, 0.25) is 0 Å². The SMILES string of the molecule is C=C/C=C(\C=C/C)c1ccnc(C2=CC(C)[C@H](C)C=C2)c1. The van der Waals surface area contributed by atoms with Crippen LogP contribution in [0, 0.1) is 11.8 Å². The van der Waals surface area contributed by atoms with Gasteiger partial charge in [-0.05, 0) is 47.6 Å². The first-order valence-corrected chi connectivity index (χ1v) is 7.48. The number of pyridine rings is 1. The highest BCUT2D eigenvalue weighted by Gasteiger charge is 2.14. The molecule has 2 rings (SSSR count). The van der Waals surface area contributed by atoms with Crippen LogP contribution in [0.1, 0.15) is 32.0 Å². The zero-order valence-corrected chi connectivity index (χ0v) is 13.1. The third-order valence-electron chi connectivity index (χ3n) is 3.88. The van der Waals surface area contributed by atoms with Gasteiger partial charge in [-0.25, -0.2) is 0 Å². The predicted molar refractivity (Wildman–Crippen MR) is 92.7 cm³/mol. The summed E-state index contributed by atoms with van der Waals surface area (Å²) in [5.41, 5.74) is 4.55. The fourth-order valence-electron chi connectivity index (χ4n) is 2.41.